The minimum Gasteiger partial charge on any atom is -0.296 e. The molecule has 0 aliphatic carbocycles. The average Bonchev–Trinajstić information content (AvgIpc) is 3.00. The molecule has 0 spiro atoms. The molecule has 25 heavy (non-hydrogen) atoms. The van der Waals surface area contributed by atoms with E-state index in [1.54, 1.807) is 0 Å². The van der Waals surface area contributed by atoms with Gasteiger partial charge in [0.15, 0.2) is 0 Å². The average molecular weight is 370 g/mol. The standard InChI is InChI=1S/C15H10F4N4OS/c1-2-12-22-23-14(25-12)21-13(24)8(7-20)6-9-10(15(17,18)19)4-3-5-11(9)16/h3-6H,2H2,1H3,(H,21,23,24). The molecule has 0 saturated carbocycles. The Morgan fingerprint density at radius 3 is 2.68 bits per heavy atom. The topological polar surface area (TPSA) is 78.7 Å². The predicted molar refractivity (Wildman–Crippen MR) is 82.9 cm³/mol. The molecule has 2 aromatic rings. The monoisotopic (exact) mass is 370 g/mol. The van der Waals surface area contributed by atoms with Crippen LogP contribution >= 0.6 is 11.3 Å². The third-order valence-electron chi connectivity index (χ3n) is 3.00. The molecule has 0 aliphatic heterocycles. The number of benzene rings is 1. The summed E-state index contributed by atoms with van der Waals surface area (Å²) in [5, 5.41) is 19.5. The highest BCUT2D eigenvalue weighted by Gasteiger charge is 2.34. The zero-order chi connectivity index (χ0) is 18.6. The van der Waals surface area contributed by atoms with Gasteiger partial charge in [-0.2, -0.15) is 18.4 Å². The maximum atomic E-state index is 13.8. The number of anilines is 1. The molecule has 1 heterocycles. The summed E-state index contributed by atoms with van der Waals surface area (Å²) in [6, 6.07) is 3.85. The van der Waals surface area contributed by atoms with Gasteiger partial charge in [-0.15, -0.1) is 10.2 Å². The first kappa shape index (κ1) is 18.5. The molecule has 0 aliphatic rings. The highest BCUT2D eigenvalue weighted by molar-refractivity contribution is 7.15. The number of rotatable bonds is 4. The number of aryl methyl sites for hydroxylation is 1. The maximum absolute atomic E-state index is 13.8. The van der Waals surface area contributed by atoms with Gasteiger partial charge in [0.1, 0.15) is 22.5 Å². The Kier molecular flexibility index (Phi) is 5.48. The molecular formula is C15H10F4N4OS. The SMILES string of the molecule is CCc1nnc(NC(=O)C(C#N)=Cc2c(F)cccc2C(F)(F)F)s1. The molecule has 0 saturated heterocycles. The second-order valence-corrected chi connectivity index (χ2v) is 5.74. The van der Waals surface area contributed by atoms with Crippen LogP contribution in [0.25, 0.3) is 6.08 Å². The van der Waals surface area contributed by atoms with Crippen molar-refractivity contribution in [1.29, 1.82) is 5.26 Å². The molecular weight excluding hydrogens is 360 g/mol. The Morgan fingerprint density at radius 1 is 1.40 bits per heavy atom. The Labute approximate surface area is 143 Å². The lowest BCUT2D eigenvalue weighted by Gasteiger charge is -2.11. The number of halogens is 4. The van der Waals surface area contributed by atoms with Crippen molar-refractivity contribution < 1.29 is 22.4 Å². The van der Waals surface area contributed by atoms with E-state index < -0.39 is 34.6 Å². The molecule has 2 rings (SSSR count). The summed E-state index contributed by atoms with van der Waals surface area (Å²) >= 11 is 1.06. The zero-order valence-electron chi connectivity index (χ0n) is 12.7. The maximum Gasteiger partial charge on any atom is 0.417 e. The summed E-state index contributed by atoms with van der Waals surface area (Å²) < 4.78 is 52.7. The minimum absolute atomic E-state index is 0.0904. The predicted octanol–water partition coefficient (Wildman–Crippen LogP) is 3.80. The number of amides is 1. The van der Waals surface area contributed by atoms with Crippen LogP contribution in [0.2, 0.25) is 0 Å². The third-order valence-corrected chi connectivity index (χ3v) is 3.98. The molecule has 5 nitrogen and oxygen atoms in total. The number of nitrogens with zero attached hydrogens (tertiary/aromatic N) is 3. The van der Waals surface area contributed by atoms with Gasteiger partial charge in [0.25, 0.3) is 5.91 Å². The fraction of sp³-hybridized carbons (Fsp3) is 0.200. The van der Waals surface area contributed by atoms with E-state index in [1.165, 1.54) is 6.07 Å². The summed E-state index contributed by atoms with van der Waals surface area (Å²) in [7, 11) is 0. The van der Waals surface area contributed by atoms with Crippen LogP contribution in [-0.2, 0) is 17.4 Å². The van der Waals surface area contributed by atoms with Crippen molar-refractivity contribution in [1.82, 2.24) is 10.2 Å². The van der Waals surface area contributed by atoms with Gasteiger partial charge in [0.2, 0.25) is 5.13 Å². The molecule has 1 amide bonds. The molecule has 1 N–H and O–H groups in total. The highest BCUT2D eigenvalue weighted by atomic mass is 32.1. The Hall–Kier alpha value is -2.80. The second-order valence-electron chi connectivity index (χ2n) is 4.68. The highest BCUT2D eigenvalue weighted by Crippen LogP contribution is 2.34. The van der Waals surface area contributed by atoms with Crippen molar-refractivity contribution in [3.05, 3.63) is 45.7 Å². The number of hydrogen-bond donors (Lipinski definition) is 1. The molecule has 0 radical (unpaired) electrons. The summed E-state index contributed by atoms with van der Waals surface area (Å²) in [5.41, 5.74) is -2.85. The Balaban J connectivity index is 2.38. The van der Waals surface area contributed by atoms with Crippen LogP contribution in [0.3, 0.4) is 0 Å². The van der Waals surface area contributed by atoms with E-state index in [2.05, 4.69) is 15.5 Å². The van der Waals surface area contributed by atoms with Crippen LogP contribution in [0.5, 0.6) is 0 Å². The Morgan fingerprint density at radius 2 is 2.12 bits per heavy atom. The van der Waals surface area contributed by atoms with E-state index in [4.69, 9.17) is 5.26 Å². The number of nitrogens with one attached hydrogen (secondary N) is 1. The van der Waals surface area contributed by atoms with Crippen LogP contribution in [0.1, 0.15) is 23.1 Å². The normalized spacial score (nSPS) is 11.9. The molecule has 1 aromatic carbocycles. The molecule has 1 aromatic heterocycles. The van der Waals surface area contributed by atoms with Gasteiger partial charge < -0.3 is 0 Å². The first-order chi connectivity index (χ1) is 11.8. The summed E-state index contributed by atoms with van der Waals surface area (Å²) in [6.07, 6.45) is -3.69. The Bertz CT molecular complexity index is 867. The quantitative estimate of drug-likeness (QED) is 0.504. The number of carbonyl (C=O) groups is 1. The smallest absolute Gasteiger partial charge is 0.296 e. The summed E-state index contributed by atoms with van der Waals surface area (Å²) in [5.74, 6) is -2.20. The second kappa shape index (κ2) is 7.40. The van der Waals surface area contributed by atoms with Crippen molar-refractivity contribution in [2.45, 2.75) is 19.5 Å². The van der Waals surface area contributed by atoms with Crippen LogP contribution in [-0.4, -0.2) is 16.1 Å². The number of hydrogen-bond acceptors (Lipinski definition) is 5. The van der Waals surface area contributed by atoms with Gasteiger partial charge in [0, 0.05) is 5.56 Å². The van der Waals surface area contributed by atoms with E-state index >= 15 is 0 Å². The van der Waals surface area contributed by atoms with Crippen molar-refractivity contribution >= 4 is 28.5 Å². The van der Waals surface area contributed by atoms with Gasteiger partial charge in [-0.25, -0.2) is 4.39 Å². The van der Waals surface area contributed by atoms with E-state index in [-0.39, 0.29) is 5.13 Å². The summed E-state index contributed by atoms with van der Waals surface area (Å²) in [6.45, 7) is 1.82. The molecule has 0 atom stereocenters. The van der Waals surface area contributed by atoms with Crippen LogP contribution < -0.4 is 5.32 Å². The third kappa shape index (κ3) is 4.39. The van der Waals surface area contributed by atoms with Crippen LogP contribution in [0.15, 0.2) is 23.8 Å². The number of carbonyl (C=O) groups excluding carboxylic acids is 1. The van der Waals surface area contributed by atoms with Gasteiger partial charge in [-0.05, 0) is 24.6 Å². The van der Waals surface area contributed by atoms with E-state index in [0.29, 0.717) is 23.6 Å². The first-order valence-corrected chi connectivity index (χ1v) is 7.69. The van der Waals surface area contributed by atoms with Crippen molar-refractivity contribution in [2.75, 3.05) is 5.32 Å². The van der Waals surface area contributed by atoms with Crippen molar-refractivity contribution in [3.8, 4) is 6.07 Å². The van der Waals surface area contributed by atoms with Gasteiger partial charge in [-0.1, -0.05) is 24.3 Å². The first-order valence-electron chi connectivity index (χ1n) is 6.87. The largest absolute Gasteiger partial charge is 0.417 e. The minimum atomic E-state index is -4.83. The molecule has 10 heteroatoms. The van der Waals surface area contributed by atoms with E-state index in [9.17, 15) is 22.4 Å². The lowest BCUT2D eigenvalue weighted by atomic mass is 10.0. The van der Waals surface area contributed by atoms with Gasteiger partial charge >= 0.3 is 6.18 Å². The molecule has 0 fully saturated rings. The van der Waals surface area contributed by atoms with Gasteiger partial charge in [-0.3, -0.25) is 10.1 Å². The van der Waals surface area contributed by atoms with Crippen LogP contribution in [0, 0.1) is 17.1 Å². The molecule has 0 bridgehead atoms. The van der Waals surface area contributed by atoms with Crippen LogP contribution in [0.4, 0.5) is 22.7 Å². The van der Waals surface area contributed by atoms with E-state index in [1.807, 2.05) is 6.92 Å². The fourth-order valence-corrected chi connectivity index (χ4v) is 2.51. The summed E-state index contributed by atoms with van der Waals surface area (Å²) in [4.78, 5) is 12.1. The number of alkyl halides is 3. The van der Waals surface area contributed by atoms with Crippen molar-refractivity contribution in [3.63, 3.8) is 0 Å². The fourth-order valence-electron chi connectivity index (χ4n) is 1.84. The molecule has 130 valence electrons. The number of nitriles is 1. The van der Waals surface area contributed by atoms with E-state index in [0.717, 1.165) is 23.5 Å². The van der Waals surface area contributed by atoms with Gasteiger partial charge in [0.05, 0.1) is 5.56 Å². The van der Waals surface area contributed by atoms with Crippen molar-refractivity contribution in [2.24, 2.45) is 0 Å². The lowest BCUT2D eigenvalue weighted by molar-refractivity contribution is -0.138. The zero-order valence-corrected chi connectivity index (χ0v) is 13.5. The molecule has 0 unspecified atom stereocenters. The lowest BCUT2D eigenvalue weighted by Crippen LogP contribution is -2.14. The number of aromatic nitrogens is 2.